The van der Waals surface area contributed by atoms with E-state index in [1.807, 2.05) is 7.11 Å². The third-order valence-corrected chi connectivity index (χ3v) is 4.44. The van der Waals surface area contributed by atoms with Crippen LogP contribution in [-0.2, 0) is 4.74 Å². The van der Waals surface area contributed by atoms with Crippen molar-refractivity contribution in [1.29, 1.82) is 0 Å². The molecule has 0 heterocycles. The summed E-state index contributed by atoms with van der Waals surface area (Å²) in [5, 5.41) is 0. The normalized spacial score (nSPS) is 54.8. The van der Waals surface area contributed by atoms with Crippen LogP contribution >= 0.6 is 0 Å². The van der Waals surface area contributed by atoms with Crippen LogP contribution in [0.5, 0.6) is 0 Å². The van der Waals surface area contributed by atoms with Crippen molar-refractivity contribution in [2.24, 2.45) is 23.7 Å². The monoisotopic (exact) mass is 164 g/mol. The van der Waals surface area contributed by atoms with E-state index >= 15 is 0 Å². The molecule has 12 heavy (non-hydrogen) atoms. The molecule has 0 aromatic heterocycles. The Labute approximate surface area is 73.8 Å². The Bertz CT molecular complexity index is 252. The zero-order valence-corrected chi connectivity index (χ0v) is 8.00. The van der Waals surface area contributed by atoms with Crippen LogP contribution in [0.2, 0.25) is 0 Å². The van der Waals surface area contributed by atoms with Crippen LogP contribution in [0.1, 0.15) is 20.3 Å². The number of fused-ring (bicyclic) bond motifs is 2. The van der Waals surface area contributed by atoms with Crippen LogP contribution in [0.3, 0.4) is 0 Å². The number of hydrogen-bond donors (Lipinski definition) is 0. The molecule has 1 nitrogen and oxygen atoms in total. The van der Waals surface area contributed by atoms with Gasteiger partial charge in [0.1, 0.15) is 0 Å². The van der Waals surface area contributed by atoms with Gasteiger partial charge in [-0.05, 0) is 35.7 Å². The van der Waals surface area contributed by atoms with E-state index in [4.69, 9.17) is 4.74 Å². The molecule has 0 aromatic rings. The van der Waals surface area contributed by atoms with Gasteiger partial charge in [-0.3, -0.25) is 0 Å². The standard InChI is InChI=1S/C11H16O/c1-5-6(2)10-9(5)7-4-8(7)11(10)12-3/h5-6,9-11H,4H2,1-3H3/t5?,6?,9?,10?,11-/m1/s1. The van der Waals surface area contributed by atoms with E-state index < -0.39 is 0 Å². The summed E-state index contributed by atoms with van der Waals surface area (Å²) in [5.41, 5.74) is 3.42. The molecule has 5 atom stereocenters. The van der Waals surface area contributed by atoms with Gasteiger partial charge in [0.15, 0.2) is 0 Å². The van der Waals surface area contributed by atoms with Gasteiger partial charge >= 0.3 is 0 Å². The fraction of sp³-hybridized carbons (Fsp3) is 0.818. The number of ether oxygens (including phenoxy) is 1. The molecule has 1 saturated carbocycles. The highest BCUT2D eigenvalue weighted by Gasteiger charge is 2.61. The maximum atomic E-state index is 5.56. The van der Waals surface area contributed by atoms with E-state index in [1.54, 1.807) is 11.1 Å². The summed E-state index contributed by atoms with van der Waals surface area (Å²) in [6.07, 6.45) is 1.81. The first-order valence-corrected chi connectivity index (χ1v) is 5.00. The molecule has 1 heteroatoms. The van der Waals surface area contributed by atoms with E-state index in [9.17, 15) is 0 Å². The topological polar surface area (TPSA) is 9.23 Å². The molecular weight excluding hydrogens is 148 g/mol. The van der Waals surface area contributed by atoms with Gasteiger partial charge in [0.05, 0.1) is 6.10 Å². The molecule has 0 radical (unpaired) electrons. The van der Waals surface area contributed by atoms with Crippen molar-refractivity contribution in [2.75, 3.05) is 7.11 Å². The molecule has 3 rings (SSSR count). The highest BCUT2D eigenvalue weighted by Crippen LogP contribution is 2.66. The van der Waals surface area contributed by atoms with Crippen LogP contribution in [0.25, 0.3) is 0 Å². The maximum Gasteiger partial charge on any atom is 0.0823 e. The predicted octanol–water partition coefficient (Wildman–Crippen LogP) is 2.23. The second kappa shape index (κ2) is 1.95. The van der Waals surface area contributed by atoms with Crippen molar-refractivity contribution in [3.8, 4) is 0 Å². The zero-order valence-electron chi connectivity index (χ0n) is 8.00. The molecule has 3 aliphatic carbocycles. The second-order valence-corrected chi connectivity index (χ2v) is 4.70. The smallest absolute Gasteiger partial charge is 0.0823 e. The summed E-state index contributed by atoms with van der Waals surface area (Å²) < 4.78 is 5.56. The summed E-state index contributed by atoms with van der Waals surface area (Å²) in [7, 11) is 1.87. The molecule has 0 spiro atoms. The van der Waals surface area contributed by atoms with Gasteiger partial charge in [0, 0.05) is 7.11 Å². The van der Waals surface area contributed by atoms with Crippen LogP contribution in [0.4, 0.5) is 0 Å². The summed E-state index contributed by atoms with van der Waals surface area (Å²) >= 11 is 0. The minimum Gasteiger partial charge on any atom is -0.377 e. The molecular formula is C11H16O. The highest BCUT2D eigenvalue weighted by molar-refractivity contribution is 5.49. The lowest BCUT2D eigenvalue weighted by atomic mass is 9.56. The largest absolute Gasteiger partial charge is 0.377 e. The van der Waals surface area contributed by atoms with Crippen molar-refractivity contribution in [1.82, 2.24) is 0 Å². The van der Waals surface area contributed by atoms with E-state index in [2.05, 4.69) is 13.8 Å². The minimum atomic E-state index is 0.510. The molecule has 3 aliphatic rings. The van der Waals surface area contributed by atoms with Gasteiger partial charge in [0.25, 0.3) is 0 Å². The molecule has 66 valence electrons. The van der Waals surface area contributed by atoms with Crippen LogP contribution in [0, 0.1) is 23.7 Å². The molecule has 0 bridgehead atoms. The van der Waals surface area contributed by atoms with Gasteiger partial charge in [-0.2, -0.15) is 0 Å². The number of rotatable bonds is 1. The molecule has 0 saturated heterocycles. The number of allylic oxidation sites excluding steroid dienone is 1. The fourth-order valence-electron chi connectivity index (χ4n) is 3.53. The lowest BCUT2D eigenvalue weighted by molar-refractivity contribution is -0.0544. The summed E-state index contributed by atoms with van der Waals surface area (Å²) in [6, 6.07) is 0. The van der Waals surface area contributed by atoms with Gasteiger partial charge in [-0.15, -0.1) is 0 Å². The van der Waals surface area contributed by atoms with E-state index in [0.717, 1.165) is 23.7 Å². The van der Waals surface area contributed by atoms with Gasteiger partial charge in [0.2, 0.25) is 0 Å². The number of methoxy groups -OCH3 is 1. The molecule has 4 unspecified atom stereocenters. The zero-order chi connectivity index (χ0) is 8.46. The molecule has 0 aliphatic heterocycles. The van der Waals surface area contributed by atoms with E-state index in [-0.39, 0.29) is 0 Å². The van der Waals surface area contributed by atoms with Gasteiger partial charge < -0.3 is 4.74 Å². The average Bonchev–Trinajstić information content (AvgIpc) is 2.79. The SMILES string of the molecule is CO[C@@H]1C2=C(C2)C2C(C)C(C)C21. The Morgan fingerprint density at radius 1 is 1.17 bits per heavy atom. The first-order valence-electron chi connectivity index (χ1n) is 5.00. The molecule has 0 N–H and O–H groups in total. The maximum absolute atomic E-state index is 5.56. The molecule has 0 amide bonds. The second-order valence-electron chi connectivity index (χ2n) is 4.70. The van der Waals surface area contributed by atoms with E-state index in [0.29, 0.717) is 6.10 Å². The van der Waals surface area contributed by atoms with Gasteiger partial charge in [-0.1, -0.05) is 19.4 Å². The third-order valence-electron chi connectivity index (χ3n) is 4.44. The lowest BCUT2D eigenvalue weighted by Gasteiger charge is -2.49. The van der Waals surface area contributed by atoms with Crippen LogP contribution in [-0.4, -0.2) is 13.2 Å². The van der Waals surface area contributed by atoms with E-state index in [1.165, 1.54) is 6.42 Å². The highest BCUT2D eigenvalue weighted by atomic mass is 16.5. The molecule has 0 aromatic carbocycles. The van der Waals surface area contributed by atoms with Crippen molar-refractivity contribution in [3.05, 3.63) is 11.1 Å². The first-order chi connectivity index (χ1) is 5.75. The minimum absolute atomic E-state index is 0.510. The molecule has 1 fully saturated rings. The predicted molar refractivity (Wildman–Crippen MR) is 47.7 cm³/mol. The van der Waals surface area contributed by atoms with Crippen molar-refractivity contribution < 1.29 is 4.74 Å². The van der Waals surface area contributed by atoms with Crippen LogP contribution in [0.15, 0.2) is 11.1 Å². The average molecular weight is 164 g/mol. The van der Waals surface area contributed by atoms with Crippen LogP contribution < -0.4 is 0 Å². The number of hydrogen-bond acceptors (Lipinski definition) is 1. The van der Waals surface area contributed by atoms with Crippen molar-refractivity contribution in [2.45, 2.75) is 26.4 Å². The Balaban J connectivity index is 1.90. The van der Waals surface area contributed by atoms with Crippen molar-refractivity contribution >= 4 is 0 Å². The summed E-state index contributed by atoms with van der Waals surface area (Å²) in [5.74, 6) is 3.57. The lowest BCUT2D eigenvalue weighted by Crippen LogP contribution is -2.48. The summed E-state index contributed by atoms with van der Waals surface area (Å²) in [4.78, 5) is 0. The van der Waals surface area contributed by atoms with Gasteiger partial charge in [-0.25, -0.2) is 0 Å². The quantitative estimate of drug-likeness (QED) is 0.540. The Kier molecular flexibility index (Phi) is 1.16. The van der Waals surface area contributed by atoms with Crippen molar-refractivity contribution in [3.63, 3.8) is 0 Å². The Morgan fingerprint density at radius 3 is 2.58 bits per heavy atom. The summed E-state index contributed by atoms with van der Waals surface area (Å²) in [6.45, 7) is 4.77. The Hall–Kier alpha value is -0.300. The first kappa shape index (κ1) is 7.14. The third kappa shape index (κ3) is 0.576. The fourth-order valence-corrected chi connectivity index (χ4v) is 3.53. The Morgan fingerprint density at radius 2 is 1.92 bits per heavy atom.